The summed E-state index contributed by atoms with van der Waals surface area (Å²) in [4.78, 5) is 0. The Morgan fingerprint density at radius 2 is 1.67 bits per heavy atom. The van der Waals surface area contributed by atoms with Gasteiger partial charge in [0.2, 0.25) is 0 Å². The lowest BCUT2D eigenvalue weighted by Crippen LogP contribution is -2.20. The van der Waals surface area contributed by atoms with Crippen molar-refractivity contribution in [2.75, 3.05) is 0 Å². The van der Waals surface area contributed by atoms with E-state index in [9.17, 15) is 9.67 Å². The zero-order valence-corrected chi connectivity index (χ0v) is 19.4. The summed E-state index contributed by atoms with van der Waals surface area (Å²) in [5.41, 5.74) is 6.53. The zero-order chi connectivity index (χ0) is 21.8. The van der Waals surface area contributed by atoms with E-state index in [1.54, 1.807) is 0 Å². The lowest BCUT2D eigenvalue weighted by molar-refractivity contribution is 0.441. The number of aromatic hydroxyl groups is 1. The molecule has 1 N–H and O–H groups in total. The smallest absolute Gasteiger partial charge is 0.282 e. The highest BCUT2D eigenvalue weighted by atomic mass is 31.2. The van der Waals surface area contributed by atoms with Gasteiger partial charge in [-0.2, -0.15) is 0 Å². The Kier molecular flexibility index (Phi) is 4.86. The summed E-state index contributed by atoms with van der Waals surface area (Å²) < 4.78 is 20.5. The topological polar surface area (TPSA) is 46.5 Å². The van der Waals surface area contributed by atoms with Gasteiger partial charge in [-0.15, -0.1) is 0 Å². The standard InChI is InChI=1S/C26H29O3P/c1-16-11-12-23-20(13-16)19-9-7-8-10-24(19)30(28,29-23)15-21-17(2)14-22(26(4,5)6)25(27)18(21)3/h7-14,27H,15H2,1-6H3. The lowest BCUT2D eigenvalue weighted by Gasteiger charge is -2.30. The summed E-state index contributed by atoms with van der Waals surface area (Å²) in [5, 5.41) is 11.7. The highest BCUT2D eigenvalue weighted by Crippen LogP contribution is 2.57. The largest absolute Gasteiger partial charge is 0.507 e. The summed E-state index contributed by atoms with van der Waals surface area (Å²) in [6, 6.07) is 15.8. The maximum Gasteiger partial charge on any atom is 0.282 e. The Labute approximate surface area is 179 Å². The van der Waals surface area contributed by atoms with Gasteiger partial charge < -0.3 is 9.63 Å². The fraction of sp³-hybridized carbons (Fsp3) is 0.308. The number of benzene rings is 3. The van der Waals surface area contributed by atoms with Crippen LogP contribution in [0.1, 0.15) is 48.6 Å². The molecule has 0 amide bonds. The van der Waals surface area contributed by atoms with Crippen LogP contribution < -0.4 is 9.83 Å². The Morgan fingerprint density at radius 1 is 0.967 bits per heavy atom. The second-order valence-corrected chi connectivity index (χ2v) is 11.7. The molecule has 1 unspecified atom stereocenters. The summed E-state index contributed by atoms with van der Waals surface area (Å²) in [5.74, 6) is 0.949. The maximum absolute atomic E-state index is 14.3. The molecule has 1 heterocycles. The lowest BCUT2D eigenvalue weighted by atomic mass is 9.83. The summed E-state index contributed by atoms with van der Waals surface area (Å²) in [6.45, 7) is 12.2. The molecule has 0 saturated carbocycles. The van der Waals surface area contributed by atoms with Crippen LogP contribution in [-0.2, 0) is 16.1 Å². The molecule has 0 aromatic heterocycles. The zero-order valence-electron chi connectivity index (χ0n) is 18.5. The molecular weight excluding hydrogens is 391 g/mol. The van der Waals surface area contributed by atoms with Gasteiger partial charge in [0.05, 0.1) is 11.5 Å². The predicted molar refractivity (Wildman–Crippen MR) is 124 cm³/mol. The van der Waals surface area contributed by atoms with E-state index < -0.39 is 7.37 Å². The number of aryl methyl sites for hydroxylation is 2. The van der Waals surface area contributed by atoms with Crippen molar-refractivity contribution in [2.45, 2.75) is 53.1 Å². The normalized spacial score (nSPS) is 17.8. The Hall–Kier alpha value is -2.51. The first kappa shape index (κ1) is 20.8. The Morgan fingerprint density at radius 3 is 2.37 bits per heavy atom. The quantitative estimate of drug-likeness (QED) is 0.465. The monoisotopic (exact) mass is 420 g/mol. The molecule has 0 spiro atoms. The van der Waals surface area contributed by atoms with E-state index in [-0.39, 0.29) is 17.3 Å². The van der Waals surface area contributed by atoms with Crippen LogP contribution in [0.25, 0.3) is 11.1 Å². The number of phenols is 1. The molecule has 156 valence electrons. The molecule has 3 aromatic carbocycles. The molecule has 4 heteroatoms. The van der Waals surface area contributed by atoms with Crippen LogP contribution in [0.3, 0.4) is 0 Å². The fourth-order valence-corrected chi connectivity index (χ4v) is 6.88. The molecule has 1 aliphatic heterocycles. The molecule has 4 rings (SSSR count). The first-order valence-electron chi connectivity index (χ1n) is 10.3. The molecule has 3 aromatic rings. The number of hydrogen-bond acceptors (Lipinski definition) is 3. The van der Waals surface area contributed by atoms with Crippen molar-refractivity contribution < 1.29 is 14.2 Å². The molecule has 0 bridgehead atoms. The highest BCUT2D eigenvalue weighted by molar-refractivity contribution is 7.67. The van der Waals surface area contributed by atoms with Gasteiger partial charge in [-0.05, 0) is 72.2 Å². The summed E-state index contributed by atoms with van der Waals surface area (Å²) >= 11 is 0. The minimum atomic E-state index is -3.21. The average Bonchev–Trinajstić information content (AvgIpc) is 2.68. The van der Waals surface area contributed by atoms with Gasteiger partial charge in [0, 0.05) is 5.56 Å². The molecule has 3 nitrogen and oxygen atoms in total. The SMILES string of the molecule is Cc1ccc2c(c1)-c1ccccc1P(=O)(Cc1c(C)cc(C(C)(C)C)c(O)c1C)O2. The van der Waals surface area contributed by atoms with E-state index in [4.69, 9.17) is 4.52 Å². The van der Waals surface area contributed by atoms with Crippen LogP contribution in [0.2, 0.25) is 0 Å². The first-order chi connectivity index (χ1) is 14.0. The van der Waals surface area contributed by atoms with Crippen LogP contribution in [0.5, 0.6) is 11.5 Å². The van der Waals surface area contributed by atoms with Gasteiger partial charge in [-0.25, -0.2) is 0 Å². The van der Waals surface area contributed by atoms with E-state index in [2.05, 4.69) is 26.8 Å². The number of rotatable bonds is 2. The van der Waals surface area contributed by atoms with Gasteiger partial charge in [-0.1, -0.05) is 56.7 Å². The second-order valence-electron chi connectivity index (χ2n) is 9.38. The Bertz CT molecular complexity index is 1200. The molecule has 0 radical (unpaired) electrons. The average molecular weight is 420 g/mol. The molecule has 0 aliphatic carbocycles. The third-order valence-corrected chi connectivity index (χ3v) is 8.36. The van der Waals surface area contributed by atoms with Crippen molar-refractivity contribution in [3.05, 3.63) is 76.3 Å². The van der Waals surface area contributed by atoms with E-state index >= 15 is 0 Å². The molecule has 0 fully saturated rings. The van der Waals surface area contributed by atoms with Crippen LogP contribution in [-0.4, -0.2) is 5.11 Å². The van der Waals surface area contributed by atoms with Crippen LogP contribution in [0, 0.1) is 20.8 Å². The van der Waals surface area contributed by atoms with E-state index in [1.165, 1.54) is 0 Å². The number of fused-ring (bicyclic) bond motifs is 3. The maximum atomic E-state index is 14.3. The molecule has 1 atom stereocenters. The van der Waals surface area contributed by atoms with Crippen molar-refractivity contribution in [3.63, 3.8) is 0 Å². The minimum Gasteiger partial charge on any atom is -0.507 e. The number of hydrogen-bond donors (Lipinski definition) is 1. The second kappa shape index (κ2) is 7.03. The highest BCUT2D eigenvalue weighted by Gasteiger charge is 2.37. The molecule has 30 heavy (non-hydrogen) atoms. The predicted octanol–water partition coefficient (Wildman–Crippen LogP) is 6.78. The fourth-order valence-electron chi connectivity index (χ4n) is 4.29. The van der Waals surface area contributed by atoms with Crippen LogP contribution >= 0.6 is 7.37 Å². The van der Waals surface area contributed by atoms with Gasteiger partial charge in [0.25, 0.3) is 7.37 Å². The van der Waals surface area contributed by atoms with Crippen molar-refractivity contribution >= 4 is 12.7 Å². The molecular formula is C26H29O3P. The van der Waals surface area contributed by atoms with Gasteiger partial charge in [0.15, 0.2) is 0 Å². The summed E-state index contributed by atoms with van der Waals surface area (Å²) in [7, 11) is -3.21. The van der Waals surface area contributed by atoms with Gasteiger partial charge in [-0.3, -0.25) is 4.57 Å². The molecule has 1 aliphatic rings. The van der Waals surface area contributed by atoms with Crippen LogP contribution in [0.4, 0.5) is 0 Å². The first-order valence-corrected chi connectivity index (χ1v) is 12.1. The van der Waals surface area contributed by atoms with E-state index in [0.717, 1.165) is 44.2 Å². The van der Waals surface area contributed by atoms with Crippen molar-refractivity contribution in [1.29, 1.82) is 0 Å². The van der Waals surface area contributed by atoms with Crippen molar-refractivity contribution in [1.82, 2.24) is 0 Å². The van der Waals surface area contributed by atoms with Crippen LogP contribution in [0.15, 0.2) is 48.5 Å². The number of phenolic OH excluding ortho intramolecular Hbond substituents is 1. The third kappa shape index (κ3) is 3.36. The van der Waals surface area contributed by atoms with Crippen molar-refractivity contribution in [2.24, 2.45) is 0 Å². The van der Waals surface area contributed by atoms with Crippen molar-refractivity contribution in [3.8, 4) is 22.6 Å². The van der Waals surface area contributed by atoms with E-state index in [1.807, 2.05) is 63.2 Å². The van der Waals surface area contributed by atoms with Gasteiger partial charge in [0.1, 0.15) is 11.5 Å². The van der Waals surface area contributed by atoms with E-state index in [0.29, 0.717) is 5.75 Å². The van der Waals surface area contributed by atoms with Gasteiger partial charge >= 0.3 is 0 Å². The minimum absolute atomic E-state index is 0.173. The Balaban J connectivity index is 1.86. The summed E-state index contributed by atoms with van der Waals surface area (Å²) in [6.07, 6.45) is 0.257. The third-order valence-electron chi connectivity index (χ3n) is 6.02. The molecule has 0 saturated heterocycles.